The summed E-state index contributed by atoms with van der Waals surface area (Å²) < 4.78 is 9.96. The Labute approximate surface area is 138 Å². The van der Waals surface area contributed by atoms with Crippen LogP contribution in [0, 0.1) is 5.92 Å². The molecule has 3 rings (SSSR count). The average Bonchev–Trinajstić information content (AvgIpc) is 3.05. The van der Waals surface area contributed by atoms with Crippen LogP contribution >= 0.6 is 0 Å². The van der Waals surface area contributed by atoms with Crippen LogP contribution in [0.5, 0.6) is 0 Å². The smallest absolute Gasteiger partial charge is 0.347 e. The van der Waals surface area contributed by atoms with Crippen molar-refractivity contribution < 1.29 is 28.7 Å². The number of cyclic esters (lactones) is 1. The maximum atomic E-state index is 12.6. The van der Waals surface area contributed by atoms with Gasteiger partial charge in [0.2, 0.25) is 6.10 Å². The van der Waals surface area contributed by atoms with Crippen LogP contribution < -0.4 is 0 Å². The number of carbonyl (C=O) groups is 4. The second kappa shape index (κ2) is 6.07. The van der Waals surface area contributed by atoms with Gasteiger partial charge in [-0.3, -0.25) is 14.5 Å². The molecule has 24 heavy (non-hydrogen) atoms. The molecule has 0 spiro atoms. The quantitative estimate of drug-likeness (QED) is 0.607. The fraction of sp³-hybridized carbons (Fsp3) is 0.412. The van der Waals surface area contributed by atoms with Gasteiger partial charge in [0.05, 0.1) is 17.7 Å². The summed E-state index contributed by atoms with van der Waals surface area (Å²) in [5.74, 6) is -2.80. The molecule has 0 saturated carbocycles. The van der Waals surface area contributed by atoms with E-state index >= 15 is 0 Å². The van der Waals surface area contributed by atoms with E-state index in [2.05, 4.69) is 0 Å². The molecule has 0 bridgehead atoms. The first-order chi connectivity index (χ1) is 11.4. The second-order valence-electron chi connectivity index (χ2n) is 6.10. The van der Waals surface area contributed by atoms with Crippen LogP contribution in [0.25, 0.3) is 0 Å². The van der Waals surface area contributed by atoms with Crippen LogP contribution in [-0.4, -0.2) is 47.4 Å². The summed E-state index contributed by atoms with van der Waals surface area (Å²) in [6.45, 7) is 3.61. The Balaban J connectivity index is 1.87. The highest BCUT2D eigenvalue weighted by Crippen LogP contribution is 2.28. The minimum Gasteiger partial charge on any atom is -0.463 e. The maximum Gasteiger partial charge on any atom is 0.347 e. The highest BCUT2D eigenvalue weighted by Gasteiger charge is 2.45. The lowest BCUT2D eigenvalue weighted by molar-refractivity contribution is -0.164. The van der Waals surface area contributed by atoms with Crippen molar-refractivity contribution in [2.75, 3.05) is 6.61 Å². The topological polar surface area (TPSA) is 90.0 Å². The molecule has 1 aromatic carbocycles. The zero-order valence-electron chi connectivity index (χ0n) is 13.4. The van der Waals surface area contributed by atoms with Gasteiger partial charge in [-0.15, -0.1) is 0 Å². The fourth-order valence-corrected chi connectivity index (χ4v) is 2.93. The van der Waals surface area contributed by atoms with E-state index in [1.54, 1.807) is 38.1 Å². The van der Waals surface area contributed by atoms with E-state index in [4.69, 9.17) is 9.47 Å². The van der Waals surface area contributed by atoms with Gasteiger partial charge in [-0.1, -0.05) is 26.0 Å². The summed E-state index contributed by atoms with van der Waals surface area (Å²) in [6, 6.07) is 5.32. The molecule has 0 aliphatic carbocycles. The van der Waals surface area contributed by atoms with E-state index in [9.17, 15) is 19.2 Å². The highest BCUT2D eigenvalue weighted by atomic mass is 16.6. The minimum atomic E-state index is -1.09. The summed E-state index contributed by atoms with van der Waals surface area (Å²) in [5.41, 5.74) is 0.530. The van der Waals surface area contributed by atoms with Gasteiger partial charge in [0.25, 0.3) is 11.8 Å². The Morgan fingerprint density at radius 2 is 1.75 bits per heavy atom. The van der Waals surface area contributed by atoms with Crippen LogP contribution in [0.1, 0.15) is 41.0 Å². The molecule has 126 valence electrons. The van der Waals surface area contributed by atoms with Gasteiger partial charge >= 0.3 is 11.9 Å². The molecule has 2 amide bonds. The molecule has 1 fully saturated rings. The van der Waals surface area contributed by atoms with Crippen LogP contribution in [0.2, 0.25) is 0 Å². The molecule has 2 aliphatic rings. The summed E-state index contributed by atoms with van der Waals surface area (Å²) in [6.07, 6.45) is -0.703. The van der Waals surface area contributed by atoms with Crippen molar-refractivity contribution in [1.29, 1.82) is 0 Å². The van der Waals surface area contributed by atoms with Crippen molar-refractivity contribution in [3.63, 3.8) is 0 Å². The molecule has 7 heteroatoms. The van der Waals surface area contributed by atoms with E-state index in [1.165, 1.54) is 0 Å². The van der Waals surface area contributed by atoms with Crippen LogP contribution in [-0.2, 0) is 19.1 Å². The Morgan fingerprint density at radius 3 is 2.21 bits per heavy atom. The van der Waals surface area contributed by atoms with Gasteiger partial charge in [0.15, 0.2) is 0 Å². The van der Waals surface area contributed by atoms with Gasteiger partial charge in [-0.05, 0) is 18.1 Å². The highest BCUT2D eigenvalue weighted by molar-refractivity contribution is 6.22. The standard InChI is InChI=1S/C17H17NO6/c1-9(2)13(17(22)24-12-7-8-23-16(12)21)18-14(19)10-5-3-4-6-11(10)15(18)20/h3-6,9,12-13H,7-8H2,1-2H3/t12-,13+/m0/s1. The average molecular weight is 331 g/mol. The molecule has 1 aromatic rings. The van der Waals surface area contributed by atoms with Crippen molar-refractivity contribution in [3.05, 3.63) is 35.4 Å². The molecule has 0 aromatic heterocycles. The number of carbonyl (C=O) groups excluding carboxylic acids is 4. The van der Waals surface area contributed by atoms with E-state index in [0.29, 0.717) is 0 Å². The molecule has 0 radical (unpaired) electrons. The lowest BCUT2D eigenvalue weighted by Gasteiger charge is -2.28. The third kappa shape index (κ3) is 2.55. The summed E-state index contributed by atoms with van der Waals surface area (Å²) in [4.78, 5) is 50.1. The van der Waals surface area contributed by atoms with E-state index in [1.807, 2.05) is 0 Å². The number of benzene rings is 1. The molecule has 1 saturated heterocycles. The summed E-state index contributed by atoms with van der Waals surface area (Å²) in [7, 11) is 0. The number of hydrogen-bond acceptors (Lipinski definition) is 6. The number of amides is 2. The summed E-state index contributed by atoms with van der Waals surface area (Å²) in [5, 5.41) is 0. The number of imide groups is 1. The summed E-state index contributed by atoms with van der Waals surface area (Å²) >= 11 is 0. The van der Waals surface area contributed by atoms with Gasteiger partial charge in [-0.2, -0.15) is 0 Å². The Morgan fingerprint density at radius 1 is 1.17 bits per heavy atom. The largest absolute Gasteiger partial charge is 0.463 e. The van der Waals surface area contributed by atoms with E-state index in [0.717, 1.165) is 4.90 Å². The van der Waals surface area contributed by atoms with Crippen molar-refractivity contribution in [2.45, 2.75) is 32.4 Å². The lowest BCUT2D eigenvalue weighted by Crippen LogP contribution is -2.49. The molecule has 0 unspecified atom stereocenters. The Bertz CT molecular complexity index is 691. The number of esters is 2. The van der Waals surface area contributed by atoms with Crippen molar-refractivity contribution in [1.82, 2.24) is 4.90 Å². The van der Waals surface area contributed by atoms with E-state index < -0.39 is 35.9 Å². The minimum absolute atomic E-state index is 0.191. The van der Waals surface area contributed by atoms with Gasteiger partial charge in [0.1, 0.15) is 6.04 Å². The number of hydrogen-bond donors (Lipinski definition) is 0. The zero-order valence-corrected chi connectivity index (χ0v) is 13.4. The lowest BCUT2D eigenvalue weighted by atomic mass is 10.0. The van der Waals surface area contributed by atoms with Crippen LogP contribution in [0.3, 0.4) is 0 Å². The Kier molecular flexibility index (Phi) is 4.09. The van der Waals surface area contributed by atoms with Gasteiger partial charge in [0, 0.05) is 6.42 Å². The van der Waals surface area contributed by atoms with Crippen molar-refractivity contribution >= 4 is 23.8 Å². The predicted octanol–water partition coefficient (Wildman–Crippen LogP) is 1.17. The normalized spacial score (nSPS) is 21.0. The molecule has 2 aliphatic heterocycles. The molecule has 2 heterocycles. The van der Waals surface area contributed by atoms with Gasteiger partial charge in [-0.25, -0.2) is 9.59 Å². The zero-order chi connectivity index (χ0) is 17.4. The third-order valence-corrected chi connectivity index (χ3v) is 4.12. The Hall–Kier alpha value is -2.70. The molecule has 0 N–H and O–H groups in total. The fourth-order valence-electron chi connectivity index (χ4n) is 2.93. The second-order valence-corrected chi connectivity index (χ2v) is 6.10. The number of nitrogens with zero attached hydrogens (tertiary/aromatic N) is 1. The first kappa shape index (κ1) is 16.2. The number of ether oxygens (including phenoxy) is 2. The maximum absolute atomic E-state index is 12.6. The number of rotatable bonds is 4. The van der Waals surface area contributed by atoms with E-state index in [-0.39, 0.29) is 30.1 Å². The van der Waals surface area contributed by atoms with Crippen molar-refractivity contribution in [2.24, 2.45) is 5.92 Å². The molecule has 2 atom stereocenters. The van der Waals surface area contributed by atoms with Crippen LogP contribution in [0.4, 0.5) is 0 Å². The van der Waals surface area contributed by atoms with Gasteiger partial charge < -0.3 is 9.47 Å². The predicted molar refractivity (Wildman–Crippen MR) is 81.0 cm³/mol. The van der Waals surface area contributed by atoms with Crippen molar-refractivity contribution in [3.8, 4) is 0 Å². The third-order valence-electron chi connectivity index (χ3n) is 4.12. The first-order valence-electron chi connectivity index (χ1n) is 7.76. The SMILES string of the molecule is CC(C)[C@H](C(=O)O[C@H]1CCOC1=O)N1C(=O)c2ccccc2C1=O. The number of fused-ring (bicyclic) bond motifs is 1. The molecular formula is C17H17NO6. The first-order valence-corrected chi connectivity index (χ1v) is 7.76. The molecule has 7 nitrogen and oxygen atoms in total. The van der Waals surface area contributed by atoms with Crippen LogP contribution in [0.15, 0.2) is 24.3 Å². The molecular weight excluding hydrogens is 314 g/mol. The monoisotopic (exact) mass is 331 g/mol.